The first-order chi connectivity index (χ1) is 14.0. The van der Waals surface area contributed by atoms with Gasteiger partial charge in [0.25, 0.3) is 11.5 Å². The Morgan fingerprint density at radius 1 is 1.03 bits per heavy atom. The first kappa shape index (κ1) is 20.3. The van der Waals surface area contributed by atoms with Crippen molar-refractivity contribution in [2.24, 2.45) is 0 Å². The highest BCUT2D eigenvalue weighted by molar-refractivity contribution is 6.05. The molecule has 0 radical (unpaired) electrons. The van der Waals surface area contributed by atoms with E-state index in [1.54, 1.807) is 54.6 Å². The largest absolute Gasteiger partial charge is 0.479 e. The maximum atomic E-state index is 13.0. The lowest BCUT2D eigenvalue weighted by Gasteiger charge is -2.16. The third-order valence-corrected chi connectivity index (χ3v) is 4.71. The van der Waals surface area contributed by atoms with E-state index in [0.717, 1.165) is 19.3 Å². The van der Waals surface area contributed by atoms with Crippen LogP contribution in [-0.2, 0) is 11.3 Å². The van der Waals surface area contributed by atoms with Gasteiger partial charge in [-0.05, 0) is 18.1 Å². The van der Waals surface area contributed by atoms with E-state index in [1.165, 1.54) is 4.68 Å². The van der Waals surface area contributed by atoms with Gasteiger partial charge >= 0.3 is 5.97 Å². The molecule has 0 aliphatic rings. The van der Waals surface area contributed by atoms with Crippen molar-refractivity contribution < 1.29 is 14.7 Å². The van der Waals surface area contributed by atoms with Crippen LogP contribution in [0.3, 0.4) is 0 Å². The molecule has 2 aromatic carbocycles. The molecular formula is C22H23N3O4. The summed E-state index contributed by atoms with van der Waals surface area (Å²) in [4.78, 5) is 37.4. The van der Waals surface area contributed by atoms with Crippen LogP contribution < -0.4 is 10.9 Å². The number of rotatable bonds is 8. The van der Waals surface area contributed by atoms with Crippen molar-refractivity contribution in [3.8, 4) is 0 Å². The van der Waals surface area contributed by atoms with Gasteiger partial charge in [-0.15, -0.1) is 0 Å². The SMILES string of the molecule is CCCCCn1nc(C(=O)N[C@H](C(=O)O)c2ccccc2)c2ccccc2c1=O. The van der Waals surface area contributed by atoms with Gasteiger partial charge in [0.2, 0.25) is 0 Å². The van der Waals surface area contributed by atoms with Crippen molar-refractivity contribution in [3.05, 3.63) is 76.2 Å². The van der Waals surface area contributed by atoms with E-state index < -0.39 is 17.9 Å². The highest BCUT2D eigenvalue weighted by Crippen LogP contribution is 2.17. The van der Waals surface area contributed by atoms with E-state index in [0.29, 0.717) is 22.9 Å². The predicted octanol–water partition coefficient (Wildman–Crippen LogP) is 3.14. The van der Waals surface area contributed by atoms with Crippen molar-refractivity contribution in [1.82, 2.24) is 15.1 Å². The van der Waals surface area contributed by atoms with E-state index in [-0.39, 0.29) is 11.3 Å². The van der Waals surface area contributed by atoms with Crippen LogP contribution in [0.5, 0.6) is 0 Å². The summed E-state index contributed by atoms with van der Waals surface area (Å²) < 4.78 is 1.30. The highest BCUT2D eigenvalue weighted by Gasteiger charge is 2.25. The molecule has 2 N–H and O–H groups in total. The lowest BCUT2D eigenvalue weighted by atomic mass is 10.1. The first-order valence-corrected chi connectivity index (χ1v) is 9.61. The Bertz CT molecular complexity index is 1080. The zero-order valence-electron chi connectivity index (χ0n) is 16.2. The molecule has 1 aromatic heterocycles. The summed E-state index contributed by atoms with van der Waals surface area (Å²) >= 11 is 0. The van der Waals surface area contributed by atoms with Gasteiger partial charge in [0.15, 0.2) is 11.7 Å². The number of carboxylic acid groups (broad SMARTS) is 1. The molecule has 29 heavy (non-hydrogen) atoms. The summed E-state index contributed by atoms with van der Waals surface area (Å²) in [5.74, 6) is -1.81. The molecule has 150 valence electrons. The molecule has 1 amide bonds. The van der Waals surface area contributed by atoms with Crippen LogP contribution >= 0.6 is 0 Å². The number of fused-ring (bicyclic) bond motifs is 1. The third-order valence-electron chi connectivity index (χ3n) is 4.71. The lowest BCUT2D eigenvalue weighted by molar-refractivity contribution is -0.139. The molecule has 0 aliphatic carbocycles. The van der Waals surface area contributed by atoms with E-state index in [9.17, 15) is 19.5 Å². The quantitative estimate of drug-likeness (QED) is 0.573. The molecule has 0 bridgehead atoms. The van der Waals surface area contributed by atoms with Gasteiger partial charge in [-0.25, -0.2) is 9.48 Å². The number of aromatic nitrogens is 2. The number of amides is 1. The average molecular weight is 393 g/mol. The molecule has 1 atom stereocenters. The van der Waals surface area contributed by atoms with Crippen LogP contribution in [0.25, 0.3) is 10.8 Å². The monoisotopic (exact) mass is 393 g/mol. The molecule has 1 heterocycles. The number of carbonyl (C=O) groups excluding carboxylic acids is 1. The fourth-order valence-corrected chi connectivity index (χ4v) is 3.20. The maximum Gasteiger partial charge on any atom is 0.330 e. The summed E-state index contributed by atoms with van der Waals surface area (Å²) in [5, 5.41) is 17.2. The molecule has 0 saturated carbocycles. The fourth-order valence-electron chi connectivity index (χ4n) is 3.20. The summed E-state index contributed by atoms with van der Waals surface area (Å²) in [7, 11) is 0. The van der Waals surface area contributed by atoms with Gasteiger partial charge in [-0.3, -0.25) is 9.59 Å². The second kappa shape index (κ2) is 9.14. The van der Waals surface area contributed by atoms with E-state index >= 15 is 0 Å². The minimum absolute atomic E-state index is 0.0406. The van der Waals surface area contributed by atoms with Crippen LogP contribution in [0.2, 0.25) is 0 Å². The first-order valence-electron chi connectivity index (χ1n) is 9.61. The zero-order valence-corrected chi connectivity index (χ0v) is 16.2. The lowest BCUT2D eigenvalue weighted by Crippen LogP contribution is -2.36. The third kappa shape index (κ3) is 4.51. The molecule has 0 unspecified atom stereocenters. The number of carboxylic acids is 1. The van der Waals surface area contributed by atoms with Gasteiger partial charge in [0, 0.05) is 11.9 Å². The number of carbonyl (C=O) groups is 2. The molecule has 3 rings (SSSR count). The number of unbranched alkanes of at least 4 members (excludes halogenated alkanes) is 2. The van der Waals surface area contributed by atoms with Crippen molar-refractivity contribution in [3.63, 3.8) is 0 Å². The minimum Gasteiger partial charge on any atom is -0.479 e. The second-order valence-electron chi connectivity index (χ2n) is 6.78. The van der Waals surface area contributed by atoms with Crippen LogP contribution in [-0.4, -0.2) is 26.8 Å². The standard InChI is InChI=1S/C22H23N3O4/c1-2-3-9-14-25-21(27)17-13-8-7-12-16(17)19(24-25)20(26)23-18(22(28)29)15-10-5-4-6-11-15/h4-8,10-13,18H,2-3,9,14H2,1H3,(H,23,26)(H,28,29)/t18-/m0/s1. The zero-order chi connectivity index (χ0) is 20.8. The second-order valence-corrected chi connectivity index (χ2v) is 6.78. The van der Waals surface area contributed by atoms with Crippen LogP contribution in [0, 0.1) is 0 Å². The molecule has 0 spiro atoms. The van der Waals surface area contributed by atoms with Crippen molar-refractivity contribution in [2.75, 3.05) is 0 Å². The molecule has 0 saturated heterocycles. The fraction of sp³-hybridized carbons (Fsp3) is 0.273. The predicted molar refractivity (Wildman–Crippen MR) is 110 cm³/mol. The van der Waals surface area contributed by atoms with E-state index in [4.69, 9.17) is 0 Å². The van der Waals surface area contributed by atoms with Crippen LogP contribution in [0.1, 0.15) is 48.3 Å². The van der Waals surface area contributed by atoms with Gasteiger partial charge in [-0.2, -0.15) is 5.10 Å². The Morgan fingerprint density at radius 3 is 2.34 bits per heavy atom. The maximum absolute atomic E-state index is 13.0. The molecule has 7 nitrogen and oxygen atoms in total. The van der Waals surface area contributed by atoms with Crippen molar-refractivity contribution in [1.29, 1.82) is 0 Å². The van der Waals surface area contributed by atoms with Gasteiger partial charge < -0.3 is 10.4 Å². The summed E-state index contributed by atoms with van der Waals surface area (Å²) in [6, 6.07) is 14.0. The van der Waals surface area contributed by atoms with Gasteiger partial charge in [-0.1, -0.05) is 68.3 Å². The Morgan fingerprint density at radius 2 is 1.69 bits per heavy atom. The van der Waals surface area contributed by atoms with Crippen LogP contribution in [0.15, 0.2) is 59.4 Å². The number of hydrogen-bond acceptors (Lipinski definition) is 4. The Kier molecular flexibility index (Phi) is 6.39. The van der Waals surface area contributed by atoms with E-state index in [1.807, 2.05) is 0 Å². The Balaban J connectivity index is 2.01. The molecule has 0 aliphatic heterocycles. The molecule has 7 heteroatoms. The van der Waals surface area contributed by atoms with Crippen molar-refractivity contribution >= 4 is 22.6 Å². The summed E-state index contributed by atoms with van der Waals surface area (Å²) in [6.45, 7) is 2.46. The van der Waals surface area contributed by atoms with Crippen LogP contribution in [0.4, 0.5) is 0 Å². The normalized spacial score (nSPS) is 11.9. The van der Waals surface area contributed by atoms with Gasteiger partial charge in [0.05, 0.1) is 5.39 Å². The number of aryl methyl sites for hydroxylation is 1. The van der Waals surface area contributed by atoms with Gasteiger partial charge in [0.1, 0.15) is 0 Å². The minimum atomic E-state index is -1.22. The average Bonchev–Trinajstić information content (AvgIpc) is 2.74. The molecular weight excluding hydrogens is 370 g/mol. The van der Waals surface area contributed by atoms with Crippen molar-refractivity contribution in [2.45, 2.75) is 38.8 Å². The number of benzene rings is 2. The molecule has 3 aromatic rings. The number of nitrogens with zero attached hydrogens (tertiary/aromatic N) is 2. The Hall–Kier alpha value is -3.48. The number of aliphatic carboxylic acids is 1. The summed E-state index contributed by atoms with van der Waals surface area (Å²) in [5.41, 5.74) is 0.235. The number of nitrogens with one attached hydrogen (secondary N) is 1. The molecule has 0 fully saturated rings. The topological polar surface area (TPSA) is 101 Å². The van der Waals surface area contributed by atoms with E-state index in [2.05, 4.69) is 17.3 Å². The Labute approximate surface area is 168 Å². The highest BCUT2D eigenvalue weighted by atomic mass is 16.4. The number of hydrogen-bond donors (Lipinski definition) is 2. The summed E-state index contributed by atoms with van der Waals surface area (Å²) in [6.07, 6.45) is 2.70. The smallest absolute Gasteiger partial charge is 0.330 e.